The molecular formula is C114H231N23O9. The number of amides is 14. The zero-order valence-electron chi connectivity index (χ0n) is 103. The Labute approximate surface area is 896 Å². The van der Waals surface area contributed by atoms with Gasteiger partial charge >= 0.3 is 30.2 Å². The van der Waals surface area contributed by atoms with Crippen molar-refractivity contribution in [2.75, 3.05) is 297 Å². The third kappa shape index (κ3) is 52.0. The van der Waals surface area contributed by atoms with Crippen molar-refractivity contribution >= 4 is 53.8 Å². The van der Waals surface area contributed by atoms with E-state index < -0.39 is 0 Å². The Balaban J connectivity index is 0.000000555. The SMILES string of the molecule is CC(C)(C)N1CCN(C(=O)CC2CC2)CC1.CC(C)CC(=O)N1CCN(C(C)(C)C)CC1.CC(C)CCC(=O)N1CCN(C(C)C)CC1.CC(C)CN(C)C(=O)N1CCN(C(C)C)CC1.CC(C)N(C)C(=O)N1CCN(C(C)(C)C)CC1.CC(C)N1CCN(C(=O)CC(C)(C)C)CC1.CCN(C)C(=O)N1CCN(C(C)(C)C)CC1.CCN(CC)C(=O)N1CCN(C(C)(C)C)CC1.CN(C)C(=O)N1CCN(C(C)(C)C)CC1. The van der Waals surface area contributed by atoms with Crippen molar-refractivity contribution in [1.82, 2.24) is 113 Å². The van der Waals surface area contributed by atoms with E-state index in [1.807, 2.05) is 110 Å². The van der Waals surface area contributed by atoms with Gasteiger partial charge in [-0.25, -0.2) is 24.0 Å². The van der Waals surface area contributed by atoms with Crippen molar-refractivity contribution in [3.05, 3.63) is 0 Å². The maximum Gasteiger partial charge on any atom is 0.320 e. The second-order valence-corrected chi connectivity index (χ2v) is 52.2. The first-order chi connectivity index (χ1) is 67.3. The molecular weight excluding hydrogens is 1840 g/mol. The second kappa shape index (κ2) is 64.1. The number of hydrogen-bond acceptors (Lipinski definition) is 18. The number of carbonyl (C=O) groups excluding carboxylic acids is 9. The molecule has 1 aliphatic carbocycles. The lowest BCUT2D eigenvalue weighted by Crippen LogP contribution is -2.57. The highest BCUT2D eigenvalue weighted by molar-refractivity contribution is 5.79. The molecule has 32 heteroatoms. The van der Waals surface area contributed by atoms with E-state index >= 15 is 0 Å². The van der Waals surface area contributed by atoms with Crippen molar-refractivity contribution in [3.8, 4) is 0 Å². The lowest BCUT2D eigenvalue weighted by Gasteiger charge is -2.43. The molecule has 0 spiro atoms. The monoisotopic (exact) mass is 2070 g/mol. The fourth-order valence-electron chi connectivity index (χ4n) is 18.9. The zero-order chi connectivity index (χ0) is 112. The first-order valence-electron chi connectivity index (χ1n) is 57.1. The summed E-state index contributed by atoms with van der Waals surface area (Å²) in [5.74, 6) is 3.70. The summed E-state index contributed by atoms with van der Waals surface area (Å²) in [6.45, 7) is 120. The Bertz CT molecular complexity index is 3570. The maximum atomic E-state index is 12.2. The van der Waals surface area contributed by atoms with E-state index in [2.05, 4.69) is 277 Å². The van der Waals surface area contributed by atoms with Gasteiger partial charge in [-0.3, -0.25) is 63.3 Å². The minimum atomic E-state index is 0.103. The number of hydrogen-bond donors (Lipinski definition) is 0. The Morgan fingerprint density at radius 3 is 0.767 bits per heavy atom. The molecule has 856 valence electrons. The topological polar surface area (TPSA) is 228 Å². The van der Waals surface area contributed by atoms with Gasteiger partial charge in [0.15, 0.2) is 0 Å². The Morgan fingerprint density at radius 1 is 0.267 bits per heavy atom. The van der Waals surface area contributed by atoms with Crippen LogP contribution >= 0.6 is 0 Å². The van der Waals surface area contributed by atoms with E-state index in [0.717, 1.165) is 281 Å². The molecule has 10 aliphatic rings. The van der Waals surface area contributed by atoms with E-state index in [1.165, 1.54) is 12.8 Å². The van der Waals surface area contributed by atoms with Crippen LogP contribution in [0.15, 0.2) is 0 Å². The van der Waals surface area contributed by atoms with Gasteiger partial charge < -0.3 is 68.6 Å². The summed E-state index contributed by atoms with van der Waals surface area (Å²) in [5, 5.41) is 0. The standard InChI is InChI=1S/3C13H27N3O.C13H24N2O.3C13H26N2O.C12H25N3O.C11H23N3O/c1-11(2)14(6)12(17)15-7-9-16(10-8-15)13(3,4)5;1-11(2)10-14(5)13(17)16-8-6-15(7-9-16)12(3)4;1-6-14(7-2)12(17)15-8-10-16(11-9-15)13(3,4)5;1-13(2,3)15-8-6-14(7-9-15)12(16)10-11-4-5-11;1-11(2)14-6-8-15(9-7-14)12(16)10-13(3,4)5;1-11(2)10-12(16)14-6-8-15(9-7-14)13(3,4)5;1-11(2)5-6-13(16)15-9-7-14(8-10-15)12(3)4;1-6-13(5)11(16)14-7-9-15(10-8-14)12(2,3)4;1-11(2,3)14-8-6-13(7-9-14)10(15)12(4)5/h11H,7-10H2,1-6H3;11-12H,6-10H2,1-5H3;6-11H2,1-5H3;11H,4-10H2,1-3H3;2*11H,6-10H2,1-5H3;11-12H,5-10H2,1-4H3;6-10H2,1-5H3;6-9H2,1-5H3. The predicted octanol–water partition coefficient (Wildman–Crippen LogP) is 15.7. The predicted molar refractivity (Wildman–Crippen MR) is 609 cm³/mol. The summed E-state index contributed by atoms with van der Waals surface area (Å²) in [7, 11) is 9.25. The number of rotatable bonds is 17. The van der Waals surface area contributed by atoms with Crippen LogP contribution in [-0.2, 0) is 19.2 Å². The highest BCUT2D eigenvalue weighted by Crippen LogP contribution is 2.34. The smallest absolute Gasteiger partial charge is 0.320 e. The van der Waals surface area contributed by atoms with Crippen molar-refractivity contribution in [1.29, 1.82) is 0 Å². The van der Waals surface area contributed by atoms with Crippen LogP contribution in [0.25, 0.3) is 0 Å². The van der Waals surface area contributed by atoms with Crippen molar-refractivity contribution in [2.24, 2.45) is 29.1 Å². The molecule has 10 fully saturated rings. The first kappa shape index (κ1) is 136. The third-order valence-electron chi connectivity index (χ3n) is 29.9. The molecule has 10 rings (SSSR count). The molecule has 32 nitrogen and oxygen atoms in total. The van der Waals surface area contributed by atoms with E-state index in [4.69, 9.17) is 0 Å². The fraction of sp³-hybridized carbons (Fsp3) is 0.921. The van der Waals surface area contributed by atoms with Crippen LogP contribution in [-0.4, -0.2) is 521 Å². The van der Waals surface area contributed by atoms with Crippen LogP contribution in [0.5, 0.6) is 0 Å². The Morgan fingerprint density at radius 2 is 0.521 bits per heavy atom. The van der Waals surface area contributed by atoms with Crippen LogP contribution in [0.4, 0.5) is 24.0 Å². The van der Waals surface area contributed by atoms with Gasteiger partial charge in [0.1, 0.15) is 0 Å². The summed E-state index contributed by atoms with van der Waals surface area (Å²) in [6, 6.07) is 2.88. The molecule has 0 N–H and O–H groups in total. The molecule has 0 bridgehead atoms. The van der Waals surface area contributed by atoms with Gasteiger partial charge in [-0.2, -0.15) is 0 Å². The minimum absolute atomic E-state index is 0.103. The molecule has 0 aromatic carbocycles. The Hall–Kier alpha value is -6.13. The number of carbonyl (C=O) groups is 9. The van der Waals surface area contributed by atoms with Crippen molar-refractivity contribution in [3.63, 3.8) is 0 Å². The lowest BCUT2D eigenvalue weighted by atomic mass is 9.91. The third-order valence-corrected chi connectivity index (χ3v) is 29.9. The highest BCUT2D eigenvalue weighted by Gasteiger charge is 2.38. The molecule has 14 amide bonds. The van der Waals surface area contributed by atoms with Crippen LogP contribution in [0.1, 0.15) is 308 Å². The molecule has 1 saturated carbocycles. The molecule has 9 saturated heterocycles. The number of piperazine rings is 9. The van der Waals surface area contributed by atoms with Gasteiger partial charge in [0, 0.05) is 380 Å². The van der Waals surface area contributed by atoms with Crippen LogP contribution in [0.2, 0.25) is 0 Å². The average molecular weight is 2070 g/mol. The van der Waals surface area contributed by atoms with Gasteiger partial charge in [-0.15, -0.1) is 0 Å². The van der Waals surface area contributed by atoms with Gasteiger partial charge in [-0.05, 0) is 249 Å². The van der Waals surface area contributed by atoms with Crippen molar-refractivity contribution in [2.45, 2.75) is 365 Å². The van der Waals surface area contributed by atoms with Gasteiger partial charge in [0.2, 0.25) is 23.6 Å². The molecule has 9 aliphatic heterocycles. The minimum Gasteiger partial charge on any atom is -0.340 e. The maximum absolute atomic E-state index is 12.2. The summed E-state index contributed by atoms with van der Waals surface area (Å²) in [6.07, 6.45) is 6.43. The molecule has 0 unspecified atom stereocenters. The molecule has 146 heavy (non-hydrogen) atoms. The van der Waals surface area contributed by atoms with E-state index in [0.29, 0.717) is 78.3 Å². The molecule has 0 aromatic heterocycles. The molecule has 0 atom stereocenters. The van der Waals surface area contributed by atoms with Crippen LogP contribution in [0.3, 0.4) is 0 Å². The molecule has 0 aromatic rings. The molecule has 0 radical (unpaired) electrons. The second-order valence-electron chi connectivity index (χ2n) is 52.2. The largest absolute Gasteiger partial charge is 0.340 e. The van der Waals surface area contributed by atoms with Crippen LogP contribution in [0, 0.1) is 29.1 Å². The molecule has 9 heterocycles. The lowest BCUT2D eigenvalue weighted by molar-refractivity contribution is -0.135. The first-order valence-corrected chi connectivity index (χ1v) is 57.1. The van der Waals surface area contributed by atoms with Gasteiger partial charge in [-0.1, -0.05) is 62.3 Å². The van der Waals surface area contributed by atoms with Gasteiger partial charge in [0.05, 0.1) is 0 Å². The van der Waals surface area contributed by atoms with Crippen LogP contribution < -0.4 is 0 Å². The fourth-order valence-corrected chi connectivity index (χ4v) is 18.9. The van der Waals surface area contributed by atoms with E-state index in [9.17, 15) is 43.2 Å². The summed E-state index contributed by atoms with van der Waals surface area (Å²) < 4.78 is 0. The summed E-state index contributed by atoms with van der Waals surface area (Å²) >= 11 is 0. The Kier molecular flexibility index (Phi) is 59.7. The highest BCUT2D eigenvalue weighted by atomic mass is 16.2. The number of nitrogens with zero attached hydrogens (tertiary/aromatic N) is 23. The zero-order valence-corrected chi connectivity index (χ0v) is 103. The number of urea groups is 5. The van der Waals surface area contributed by atoms with E-state index in [1.54, 1.807) is 23.9 Å². The quantitative estimate of drug-likeness (QED) is 0.132. The summed E-state index contributed by atoms with van der Waals surface area (Å²) in [4.78, 5) is 157. The van der Waals surface area contributed by atoms with E-state index in [-0.39, 0.29) is 74.8 Å². The average Bonchev–Trinajstić information content (AvgIpc) is 0.983. The summed E-state index contributed by atoms with van der Waals surface area (Å²) in [5.41, 5.74) is 1.42. The van der Waals surface area contributed by atoms with Crippen molar-refractivity contribution < 1.29 is 43.2 Å². The van der Waals surface area contributed by atoms with Gasteiger partial charge in [0.25, 0.3) is 0 Å². The normalized spacial score (nSPS) is 19.2.